The Kier molecular flexibility index (Phi) is 5.31. The van der Waals surface area contributed by atoms with E-state index in [1.54, 1.807) is 0 Å². The molecule has 106 valence electrons. The molecule has 0 amide bonds. The Morgan fingerprint density at radius 3 is 2.50 bits per heavy atom. The van der Waals surface area contributed by atoms with Crippen LogP contribution in [0.15, 0.2) is 42.5 Å². The predicted octanol–water partition coefficient (Wildman–Crippen LogP) is 5.05. The van der Waals surface area contributed by atoms with E-state index in [0.717, 1.165) is 41.6 Å². The molecule has 0 saturated heterocycles. The molecule has 0 atom stereocenters. The number of nitrogens with one attached hydrogen (secondary N) is 1. The minimum Gasteiger partial charge on any atom is -0.494 e. The summed E-state index contributed by atoms with van der Waals surface area (Å²) in [7, 11) is 0. The average Bonchev–Trinajstić information content (AvgIpc) is 2.47. The van der Waals surface area contributed by atoms with Crippen molar-refractivity contribution in [2.45, 2.75) is 26.8 Å². The smallest absolute Gasteiger partial charge is 0.119 e. The Morgan fingerprint density at radius 2 is 1.85 bits per heavy atom. The highest BCUT2D eigenvalue weighted by Gasteiger charge is 1.99. The maximum Gasteiger partial charge on any atom is 0.119 e. The summed E-state index contributed by atoms with van der Waals surface area (Å²) in [5.41, 5.74) is 3.35. The molecule has 2 aromatic rings. The Bertz CT molecular complexity index is 551. The number of anilines is 1. The highest BCUT2D eigenvalue weighted by atomic mass is 35.5. The third-order valence-corrected chi connectivity index (χ3v) is 3.47. The van der Waals surface area contributed by atoms with E-state index in [0.29, 0.717) is 0 Å². The molecule has 0 aliphatic heterocycles. The van der Waals surface area contributed by atoms with E-state index in [9.17, 15) is 0 Å². The van der Waals surface area contributed by atoms with Gasteiger partial charge in [-0.05, 0) is 54.8 Å². The molecule has 20 heavy (non-hydrogen) atoms. The molecule has 1 N–H and O–H groups in total. The molecule has 0 saturated carbocycles. The van der Waals surface area contributed by atoms with Crippen molar-refractivity contribution < 1.29 is 4.74 Å². The summed E-state index contributed by atoms with van der Waals surface area (Å²) in [6, 6.07) is 14.2. The molecule has 2 nitrogen and oxygen atoms in total. The first kappa shape index (κ1) is 14.7. The van der Waals surface area contributed by atoms with Crippen LogP contribution in [-0.4, -0.2) is 6.61 Å². The molecule has 0 aliphatic rings. The standard InChI is InChI=1S/C17H20ClNO/c1-3-10-20-16-8-6-15(7-9-16)19-12-14-5-4-13(2)17(18)11-14/h4-9,11,19H,3,10,12H2,1-2H3. The average molecular weight is 290 g/mol. The van der Waals surface area contributed by atoms with Crippen molar-refractivity contribution >= 4 is 17.3 Å². The lowest BCUT2D eigenvalue weighted by atomic mass is 10.1. The van der Waals surface area contributed by atoms with Crippen LogP contribution in [-0.2, 0) is 6.54 Å². The van der Waals surface area contributed by atoms with Gasteiger partial charge in [-0.1, -0.05) is 30.7 Å². The molecule has 3 heteroatoms. The SMILES string of the molecule is CCCOc1ccc(NCc2ccc(C)c(Cl)c2)cc1. The Labute approximate surface area is 125 Å². The summed E-state index contributed by atoms with van der Waals surface area (Å²) in [6.45, 7) is 5.63. The topological polar surface area (TPSA) is 21.3 Å². The van der Waals surface area contributed by atoms with Gasteiger partial charge in [0.05, 0.1) is 6.61 Å². The maximum atomic E-state index is 6.12. The van der Waals surface area contributed by atoms with E-state index in [1.165, 1.54) is 5.56 Å². The van der Waals surface area contributed by atoms with Crippen molar-refractivity contribution in [3.63, 3.8) is 0 Å². The van der Waals surface area contributed by atoms with Crippen LogP contribution in [0.1, 0.15) is 24.5 Å². The third kappa shape index (κ3) is 4.17. The summed E-state index contributed by atoms with van der Waals surface area (Å²) in [6.07, 6.45) is 1.02. The second kappa shape index (κ2) is 7.20. The fourth-order valence-electron chi connectivity index (χ4n) is 1.84. The van der Waals surface area contributed by atoms with E-state index in [2.05, 4.69) is 18.3 Å². The molecule has 2 aromatic carbocycles. The van der Waals surface area contributed by atoms with Crippen molar-refractivity contribution in [3.8, 4) is 5.75 Å². The Balaban J connectivity index is 1.91. The van der Waals surface area contributed by atoms with Gasteiger partial charge >= 0.3 is 0 Å². The van der Waals surface area contributed by atoms with Gasteiger partial charge in [0, 0.05) is 17.3 Å². The summed E-state index contributed by atoms with van der Waals surface area (Å²) >= 11 is 6.12. The lowest BCUT2D eigenvalue weighted by Gasteiger charge is -2.09. The molecular weight excluding hydrogens is 270 g/mol. The van der Waals surface area contributed by atoms with Crippen molar-refractivity contribution in [2.24, 2.45) is 0 Å². The van der Waals surface area contributed by atoms with Gasteiger partial charge in [0.25, 0.3) is 0 Å². The second-order valence-corrected chi connectivity index (χ2v) is 5.22. The fourth-order valence-corrected chi connectivity index (χ4v) is 2.04. The predicted molar refractivity (Wildman–Crippen MR) is 85.7 cm³/mol. The first-order valence-electron chi connectivity index (χ1n) is 6.91. The number of benzene rings is 2. The number of rotatable bonds is 6. The minimum atomic E-state index is 0.759. The maximum absolute atomic E-state index is 6.12. The molecule has 0 spiro atoms. The van der Waals surface area contributed by atoms with Crippen LogP contribution in [0.5, 0.6) is 5.75 Å². The van der Waals surface area contributed by atoms with Crippen LogP contribution >= 0.6 is 11.6 Å². The van der Waals surface area contributed by atoms with Gasteiger partial charge in [0.2, 0.25) is 0 Å². The molecule has 0 radical (unpaired) electrons. The lowest BCUT2D eigenvalue weighted by Crippen LogP contribution is -2.00. The number of halogens is 1. The summed E-state index contributed by atoms with van der Waals surface area (Å²) < 4.78 is 5.56. The zero-order chi connectivity index (χ0) is 14.4. The molecule has 0 aromatic heterocycles. The zero-order valence-electron chi connectivity index (χ0n) is 11.9. The molecule has 0 aliphatic carbocycles. The van der Waals surface area contributed by atoms with Crippen molar-refractivity contribution in [1.82, 2.24) is 0 Å². The van der Waals surface area contributed by atoms with Crippen LogP contribution in [0.3, 0.4) is 0 Å². The van der Waals surface area contributed by atoms with E-state index in [-0.39, 0.29) is 0 Å². The van der Waals surface area contributed by atoms with E-state index in [4.69, 9.17) is 16.3 Å². The van der Waals surface area contributed by atoms with Crippen LogP contribution in [0.2, 0.25) is 5.02 Å². The van der Waals surface area contributed by atoms with Crippen LogP contribution in [0.25, 0.3) is 0 Å². The summed E-state index contributed by atoms with van der Waals surface area (Å²) in [4.78, 5) is 0. The van der Waals surface area contributed by atoms with Gasteiger partial charge in [0.15, 0.2) is 0 Å². The first-order chi connectivity index (χ1) is 9.69. The van der Waals surface area contributed by atoms with Crippen LogP contribution in [0.4, 0.5) is 5.69 Å². The fraction of sp³-hybridized carbons (Fsp3) is 0.294. The molecule has 0 fully saturated rings. The number of hydrogen-bond donors (Lipinski definition) is 1. The van der Waals surface area contributed by atoms with E-state index >= 15 is 0 Å². The van der Waals surface area contributed by atoms with Gasteiger partial charge in [-0.15, -0.1) is 0 Å². The van der Waals surface area contributed by atoms with E-state index < -0.39 is 0 Å². The Morgan fingerprint density at radius 1 is 1.10 bits per heavy atom. The van der Waals surface area contributed by atoms with E-state index in [1.807, 2.05) is 43.3 Å². The summed E-state index contributed by atoms with van der Waals surface area (Å²) in [5.74, 6) is 0.913. The zero-order valence-corrected chi connectivity index (χ0v) is 12.7. The normalized spacial score (nSPS) is 10.3. The number of hydrogen-bond acceptors (Lipinski definition) is 2. The van der Waals surface area contributed by atoms with Gasteiger partial charge in [-0.3, -0.25) is 0 Å². The quantitative estimate of drug-likeness (QED) is 0.803. The van der Waals surface area contributed by atoms with Gasteiger partial charge in [-0.2, -0.15) is 0 Å². The highest BCUT2D eigenvalue weighted by Crippen LogP contribution is 2.19. The highest BCUT2D eigenvalue weighted by molar-refractivity contribution is 6.31. The Hall–Kier alpha value is -1.67. The summed E-state index contributed by atoms with van der Waals surface area (Å²) in [5, 5.41) is 4.19. The molecule has 2 rings (SSSR count). The minimum absolute atomic E-state index is 0.759. The van der Waals surface area contributed by atoms with Crippen LogP contribution < -0.4 is 10.1 Å². The monoisotopic (exact) mass is 289 g/mol. The van der Waals surface area contributed by atoms with Gasteiger partial charge < -0.3 is 10.1 Å². The molecule has 0 unspecified atom stereocenters. The third-order valence-electron chi connectivity index (χ3n) is 3.06. The van der Waals surface area contributed by atoms with Gasteiger partial charge in [-0.25, -0.2) is 0 Å². The lowest BCUT2D eigenvalue weighted by molar-refractivity contribution is 0.317. The van der Waals surface area contributed by atoms with Gasteiger partial charge in [0.1, 0.15) is 5.75 Å². The first-order valence-corrected chi connectivity index (χ1v) is 7.28. The number of aryl methyl sites for hydroxylation is 1. The van der Waals surface area contributed by atoms with Crippen molar-refractivity contribution in [3.05, 3.63) is 58.6 Å². The number of ether oxygens (including phenoxy) is 1. The molecule has 0 bridgehead atoms. The van der Waals surface area contributed by atoms with Crippen molar-refractivity contribution in [2.75, 3.05) is 11.9 Å². The molecular formula is C17H20ClNO. The second-order valence-electron chi connectivity index (χ2n) is 4.81. The van der Waals surface area contributed by atoms with Crippen molar-refractivity contribution in [1.29, 1.82) is 0 Å². The largest absolute Gasteiger partial charge is 0.494 e. The molecule has 0 heterocycles. The van der Waals surface area contributed by atoms with Crippen LogP contribution in [0, 0.1) is 6.92 Å².